The maximum Gasteiger partial charge on any atom is 0.387 e. The van der Waals surface area contributed by atoms with Crippen molar-refractivity contribution in [2.45, 2.75) is 32.0 Å². The van der Waals surface area contributed by atoms with Gasteiger partial charge in [0.1, 0.15) is 11.5 Å². The Balaban J connectivity index is 1.95. The van der Waals surface area contributed by atoms with Gasteiger partial charge in [-0.1, -0.05) is 0 Å². The van der Waals surface area contributed by atoms with Crippen molar-refractivity contribution in [2.75, 3.05) is 34.3 Å². The summed E-state index contributed by atoms with van der Waals surface area (Å²) in [7, 11) is 5.31. The molecule has 0 spiro atoms. The minimum absolute atomic E-state index is 0.120. The van der Waals surface area contributed by atoms with Gasteiger partial charge in [-0.05, 0) is 44.6 Å². The molecule has 1 unspecified atom stereocenters. The Morgan fingerprint density at radius 2 is 2.20 bits per heavy atom. The van der Waals surface area contributed by atoms with E-state index in [9.17, 15) is 8.78 Å². The second-order valence-corrected chi connectivity index (χ2v) is 5.94. The normalized spacial score (nSPS) is 18.5. The second kappa shape index (κ2) is 9.41. The van der Waals surface area contributed by atoms with E-state index in [1.54, 1.807) is 19.2 Å². The molecule has 1 aromatic carbocycles. The SMILES string of the molecule is CN=C(NCc1cc(OC)ccc1OC(F)F)NCC1CCCN1C. The van der Waals surface area contributed by atoms with E-state index in [2.05, 4.69) is 32.3 Å². The van der Waals surface area contributed by atoms with Gasteiger partial charge >= 0.3 is 6.61 Å². The number of guanidine groups is 1. The van der Waals surface area contributed by atoms with Gasteiger partial charge in [0.2, 0.25) is 0 Å². The van der Waals surface area contributed by atoms with Gasteiger partial charge < -0.3 is 25.0 Å². The van der Waals surface area contributed by atoms with Crippen LogP contribution in [0.1, 0.15) is 18.4 Å². The smallest absolute Gasteiger partial charge is 0.387 e. The molecule has 0 radical (unpaired) electrons. The molecular weight excluding hydrogens is 330 g/mol. The lowest BCUT2D eigenvalue weighted by Crippen LogP contribution is -2.43. The number of nitrogens with one attached hydrogen (secondary N) is 2. The van der Waals surface area contributed by atoms with Gasteiger partial charge in [0.15, 0.2) is 5.96 Å². The summed E-state index contributed by atoms with van der Waals surface area (Å²) in [5.74, 6) is 1.31. The highest BCUT2D eigenvalue weighted by Crippen LogP contribution is 2.25. The number of aliphatic imine (C=N–C) groups is 1. The van der Waals surface area contributed by atoms with Crippen molar-refractivity contribution in [1.29, 1.82) is 0 Å². The van der Waals surface area contributed by atoms with Crippen LogP contribution in [0.4, 0.5) is 8.78 Å². The molecule has 25 heavy (non-hydrogen) atoms. The lowest BCUT2D eigenvalue weighted by atomic mass is 10.2. The highest BCUT2D eigenvalue weighted by molar-refractivity contribution is 5.79. The summed E-state index contributed by atoms with van der Waals surface area (Å²) in [4.78, 5) is 6.49. The largest absolute Gasteiger partial charge is 0.497 e. The Morgan fingerprint density at radius 1 is 1.40 bits per heavy atom. The zero-order chi connectivity index (χ0) is 18.2. The number of nitrogens with zero attached hydrogens (tertiary/aromatic N) is 2. The highest BCUT2D eigenvalue weighted by atomic mass is 19.3. The zero-order valence-electron chi connectivity index (χ0n) is 14.9. The molecule has 0 aliphatic carbocycles. The first-order valence-electron chi connectivity index (χ1n) is 8.30. The number of hydrogen-bond donors (Lipinski definition) is 2. The Kier molecular flexibility index (Phi) is 7.24. The van der Waals surface area contributed by atoms with E-state index in [1.807, 2.05) is 0 Å². The number of likely N-dealkylation sites (N-methyl/N-ethyl adjacent to an activating group) is 1. The van der Waals surface area contributed by atoms with Gasteiger partial charge in [-0.2, -0.15) is 8.78 Å². The van der Waals surface area contributed by atoms with Crippen molar-refractivity contribution < 1.29 is 18.3 Å². The summed E-state index contributed by atoms with van der Waals surface area (Å²) in [5.41, 5.74) is 0.570. The topological polar surface area (TPSA) is 58.1 Å². The quantitative estimate of drug-likeness (QED) is 0.579. The first kappa shape index (κ1) is 19.2. The van der Waals surface area contributed by atoms with Crippen molar-refractivity contribution in [3.63, 3.8) is 0 Å². The molecule has 1 aliphatic heterocycles. The molecule has 2 N–H and O–H groups in total. The van der Waals surface area contributed by atoms with Crippen LogP contribution in [0.25, 0.3) is 0 Å². The van der Waals surface area contributed by atoms with Crippen LogP contribution in [-0.2, 0) is 6.54 Å². The minimum Gasteiger partial charge on any atom is -0.497 e. The molecule has 1 heterocycles. The lowest BCUT2D eigenvalue weighted by molar-refractivity contribution is -0.0504. The molecule has 0 bridgehead atoms. The van der Waals surface area contributed by atoms with E-state index >= 15 is 0 Å². The number of ether oxygens (including phenoxy) is 2. The third kappa shape index (κ3) is 5.74. The Hall–Kier alpha value is -2.09. The lowest BCUT2D eigenvalue weighted by Gasteiger charge is -2.21. The van der Waals surface area contributed by atoms with Gasteiger partial charge in [-0.3, -0.25) is 4.99 Å². The predicted octanol–water partition coefficient (Wildman–Crippen LogP) is 2.06. The predicted molar refractivity (Wildman–Crippen MR) is 93.5 cm³/mol. The molecule has 1 aliphatic rings. The van der Waals surface area contributed by atoms with Crippen molar-refractivity contribution in [2.24, 2.45) is 4.99 Å². The van der Waals surface area contributed by atoms with Crippen LogP contribution in [0.3, 0.4) is 0 Å². The molecule has 140 valence electrons. The van der Waals surface area contributed by atoms with Crippen LogP contribution < -0.4 is 20.1 Å². The summed E-state index contributed by atoms with van der Waals surface area (Å²) in [6.07, 6.45) is 2.36. The molecule has 1 aromatic rings. The molecule has 0 amide bonds. The second-order valence-electron chi connectivity index (χ2n) is 5.94. The third-order valence-corrected chi connectivity index (χ3v) is 4.33. The standard InChI is InChI=1S/C17H26F2N4O2/c1-20-17(22-11-13-5-4-8-23(13)2)21-10-12-9-14(24-3)6-7-15(12)25-16(18)19/h6-7,9,13,16H,4-5,8,10-11H2,1-3H3,(H2,20,21,22). The van der Waals surface area contributed by atoms with E-state index in [4.69, 9.17) is 4.74 Å². The maximum absolute atomic E-state index is 12.6. The number of halogens is 2. The van der Waals surface area contributed by atoms with Crippen LogP contribution >= 0.6 is 0 Å². The van der Waals surface area contributed by atoms with Crippen LogP contribution in [0.5, 0.6) is 11.5 Å². The third-order valence-electron chi connectivity index (χ3n) is 4.33. The molecule has 0 aromatic heterocycles. The number of hydrogen-bond acceptors (Lipinski definition) is 4. The number of rotatable bonds is 7. The fraction of sp³-hybridized carbons (Fsp3) is 0.588. The van der Waals surface area contributed by atoms with Crippen LogP contribution in [0.15, 0.2) is 23.2 Å². The summed E-state index contributed by atoms with van der Waals surface area (Å²) >= 11 is 0. The molecule has 1 fully saturated rings. The fourth-order valence-corrected chi connectivity index (χ4v) is 2.88. The van der Waals surface area contributed by atoms with Gasteiger partial charge in [0.05, 0.1) is 7.11 Å². The molecule has 8 heteroatoms. The van der Waals surface area contributed by atoms with Crippen molar-refractivity contribution in [3.8, 4) is 11.5 Å². The van der Waals surface area contributed by atoms with E-state index in [1.165, 1.54) is 19.6 Å². The molecule has 6 nitrogen and oxygen atoms in total. The van der Waals surface area contributed by atoms with Gasteiger partial charge in [0, 0.05) is 31.7 Å². The van der Waals surface area contributed by atoms with Gasteiger partial charge in [-0.15, -0.1) is 0 Å². The Morgan fingerprint density at radius 3 is 2.80 bits per heavy atom. The summed E-state index contributed by atoms with van der Waals surface area (Å²) in [6, 6.07) is 5.21. The van der Waals surface area contributed by atoms with Crippen molar-refractivity contribution in [1.82, 2.24) is 15.5 Å². The average molecular weight is 356 g/mol. The van der Waals surface area contributed by atoms with E-state index in [0.717, 1.165) is 19.5 Å². The molecular formula is C17H26F2N4O2. The first-order valence-corrected chi connectivity index (χ1v) is 8.30. The highest BCUT2D eigenvalue weighted by Gasteiger charge is 2.20. The minimum atomic E-state index is -2.87. The van der Waals surface area contributed by atoms with Crippen LogP contribution in [0.2, 0.25) is 0 Å². The maximum atomic E-state index is 12.6. The fourth-order valence-electron chi connectivity index (χ4n) is 2.88. The number of alkyl halides is 2. The van der Waals surface area contributed by atoms with Gasteiger partial charge in [0.25, 0.3) is 0 Å². The monoisotopic (exact) mass is 356 g/mol. The molecule has 0 saturated carbocycles. The van der Waals surface area contributed by atoms with E-state index < -0.39 is 6.61 Å². The van der Waals surface area contributed by atoms with Crippen molar-refractivity contribution in [3.05, 3.63) is 23.8 Å². The van der Waals surface area contributed by atoms with Gasteiger partial charge in [-0.25, -0.2) is 0 Å². The summed E-state index contributed by atoms with van der Waals surface area (Å²) < 4.78 is 34.8. The summed E-state index contributed by atoms with van der Waals surface area (Å²) in [5, 5.41) is 6.41. The molecule has 2 rings (SSSR count). The van der Waals surface area contributed by atoms with Crippen LogP contribution in [0, 0.1) is 0 Å². The van der Waals surface area contributed by atoms with Crippen molar-refractivity contribution >= 4 is 5.96 Å². The zero-order valence-corrected chi connectivity index (χ0v) is 14.9. The van der Waals surface area contributed by atoms with E-state index in [-0.39, 0.29) is 5.75 Å². The Labute approximate surface area is 147 Å². The van der Waals surface area contributed by atoms with E-state index in [0.29, 0.717) is 29.9 Å². The molecule has 1 saturated heterocycles. The summed E-state index contributed by atoms with van der Waals surface area (Å²) in [6.45, 7) is -0.688. The Bertz CT molecular complexity index is 584. The number of methoxy groups -OCH3 is 1. The number of likely N-dealkylation sites (tertiary alicyclic amines) is 1. The number of benzene rings is 1. The van der Waals surface area contributed by atoms with Crippen LogP contribution in [-0.4, -0.2) is 57.8 Å². The molecule has 1 atom stereocenters. The first-order chi connectivity index (χ1) is 12.0. The average Bonchev–Trinajstić information content (AvgIpc) is 3.00.